The number of pyridine rings is 1. The van der Waals surface area contributed by atoms with Crippen LogP contribution >= 0.6 is 0 Å². The zero-order chi connectivity index (χ0) is 24.8. The summed E-state index contributed by atoms with van der Waals surface area (Å²) in [5.74, 6) is -0.769. The highest BCUT2D eigenvalue weighted by Crippen LogP contribution is 2.54. The van der Waals surface area contributed by atoms with Crippen LogP contribution in [0.4, 0.5) is 0 Å². The molecule has 1 aromatic heterocycles. The number of piperidine rings is 1. The molecule has 1 unspecified atom stereocenters. The van der Waals surface area contributed by atoms with Gasteiger partial charge in [-0.15, -0.1) is 0 Å². The molecule has 1 fully saturated rings. The van der Waals surface area contributed by atoms with E-state index in [0.717, 1.165) is 48.3 Å². The van der Waals surface area contributed by atoms with Gasteiger partial charge in [0.1, 0.15) is 5.41 Å². The molecule has 1 N–H and O–H groups in total. The van der Waals surface area contributed by atoms with E-state index in [4.69, 9.17) is 0 Å². The fraction of sp³-hybridized carbons (Fsp3) is 0.250. The molecule has 3 aromatic carbocycles. The first-order chi connectivity index (χ1) is 17.7. The minimum absolute atomic E-state index is 0.528. The highest BCUT2D eigenvalue weighted by atomic mass is 16.4. The first kappa shape index (κ1) is 24.0. The second-order valence-electron chi connectivity index (χ2n) is 9.66. The van der Waals surface area contributed by atoms with Crippen molar-refractivity contribution >= 4 is 5.97 Å². The first-order valence-electron chi connectivity index (χ1n) is 12.7. The van der Waals surface area contributed by atoms with Gasteiger partial charge in [-0.25, -0.2) is 0 Å². The van der Waals surface area contributed by atoms with E-state index >= 15 is 0 Å². The molecule has 4 heteroatoms. The monoisotopic (exact) mass is 476 g/mol. The number of hydrogen-bond acceptors (Lipinski definition) is 3. The Labute approximate surface area is 213 Å². The Balaban J connectivity index is 1.62. The standard InChI is InChI=1S/C32H32N2O2/c35-30(36)31(26-13-4-1-5-14-26)21-24-34(23-12-20-29-19-10-11-22-33-29)25-32(31,27-15-6-2-7-16-27)28-17-8-3-9-18-28/h1-11,13-19,22H,12,20-21,23-25H2,(H,35,36). The van der Waals surface area contributed by atoms with Crippen LogP contribution in [0.3, 0.4) is 0 Å². The summed E-state index contributed by atoms with van der Waals surface area (Å²) in [5, 5.41) is 11.1. The van der Waals surface area contributed by atoms with Crippen LogP contribution in [-0.4, -0.2) is 40.6 Å². The maximum atomic E-state index is 13.5. The number of aryl methyl sites for hydroxylation is 1. The molecule has 0 radical (unpaired) electrons. The Morgan fingerprint density at radius 1 is 0.778 bits per heavy atom. The summed E-state index contributed by atoms with van der Waals surface area (Å²) in [6, 6.07) is 36.4. The molecule has 2 heterocycles. The average Bonchev–Trinajstić information content (AvgIpc) is 2.95. The summed E-state index contributed by atoms with van der Waals surface area (Å²) < 4.78 is 0. The number of aliphatic carboxylic acids is 1. The largest absolute Gasteiger partial charge is 0.481 e. The van der Waals surface area contributed by atoms with E-state index in [0.29, 0.717) is 13.0 Å². The van der Waals surface area contributed by atoms with Gasteiger partial charge in [0.2, 0.25) is 0 Å². The van der Waals surface area contributed by atoms with Crippen molar-refractivity contribution in [3.05, 3.63) is 138 Å². The summed E-state index contributed by atoms with van der Waals surface area (Å²) in [6.45, 7) is 2.25. The molecule has 0 aliphatic carbocycles. The summed E-state index contributed by atoms with van der Waals surface area (Å²) >= 11 is 0. The molecule has 0 amide bonds. The molecule has 0 saturated carbocycles. The number of rotatable bonds is 8. The Morgan fingerprint density at radius 3 is 1.86 bits per heavy atom. The van der Waals surface area contributed by atoms with Crippen LogP contribution in [0, 0.1) is 0 Å². The Morgan fingerprint density at radius 2 is 1.33 bits per heavy atom. The number of nitrogens with zero attached hydrogens (tertiary/aromatic N) is 2. The molecule has 5 rings (SSSR count). The second-order valence-corrected chi connectivity index (χ2v) is 9.66. The van der Waals surface area contributed by atoms with Gasteiger partial charge in [-0.1, -0.05) is 97.1 Å². The number of carboxylic acid groups (broad SMARTS) is 1. The summed E-state index contributed by atoms with van der Waals surface area (Å²) in [6.07, 6.45) is 4.25. The van der Waals surface area contributed by atoms with Crippen molar-refractivity contribution in [1.82, 2.24) is 9.88 Å². The molecule has 0 spiro atoms. The van der Waals surface area contributed by atoms with Crippen LogP contribution in [0.1, 0.15) is 35.2 Å². The minimum Gasteiger partial charge on any atom is -0.481 e. The smallest absolute Gasteiger partial charge is 0.315 e. The van der Waals surface area contributed by atoms with Gasteiger partial charge in [0.15, 0.2) is 0 Å². The average molecular weight is 477 g/mol. The predicted octanol–water partition coefficient (Wildman–Crippen LogP) is 5.73. The highest BCUT2D eigenvalue weighted by molar-refractivity contribution is 5.86. The second kappa shape index (κ2) is 10.5. The van der Waals surface area contributed by atoms with E-state index in [1.807, 2.05) is 85.1 Å². The lowest BCUT2D eigenvalue weighted by atomic mass is 9.51. The number of carbonyl (C=O) groups is 1. The van der Waals surface area contributed by atoms with Crippen LogP contribution in [-0.2, 0) is 22.0 Å². The molecule has 36 heavy (non-hydrogen) atoms. The topological polar surface area (TPSA) is 53.4 Å². The van der Waals surface area contributed by atoms with E-state index in [9.17, 15) is 9.90 Å². The number of benzene rings is 3. The molecular formula is C32H32N2O2. The van der Waals surface area contributed by atoms with Crippen LogP contribution in [0.5, 0.6) is 0 Å². The fourth-order valence-electron chi connectivity index (χ4n) is 6.12. The van der Waals surface area contributed by atoms with Crippen LogP contribution in [0.15, 0.2) is 115 Å². The zero-order valence-electron chi connectivity index (χ0n) is 20.5. The molecule has 1 atom stereocenters. The van der Waals surface area contributed by atoms with Crippen molar-refractivity contribution < 1.29 is 9.90 Å². The molecule has 4 nitrogen and oxygen atoms in total. The lowest BCUT2D eigenvalue weighted by Crippen LogP contribution is -2.64. The van der Waals surface area contributed by atoms with Crippen molar-refractivity contribution in [3.8, 4) is 0 Å². The van der Waals surface area contributed by atoms with Crippen LogP contribution in [0.2, 0.25) is 0 Å². The third-order valence-corrected chi connectivity index (χ3v) is 7.79. The Hall–Kier alpha value is -3.76. The third kappa shape index (κ3) is 4.22. The van der Waals surface area contributed by atoms with Gasteiger partial charge in [0.05, 0.1) is 5.41 Å². The van der Waals surface area contributed by atoms with E-state index < -0.39 is 16.8 Å². The van der Waals surface area contributed by atoms with E-state index in [-0.39, 0.29) is 0 Å². The number of likely N-dealkylation sites (tertiary alicyclic amines) is 1. The van der Waals surface area contributed by atoms with Gasteiger partial charge in [-0.3, -0.25) is 9.78 Å². The molecule has 1 saturated heterocycles. The first-order valence-corrected chi connectivity index (χ1v) is 12.7. The van der Waals surface area contributed by atoms with Crippen molar-refractivity contribution in [2.45, 2.75) is 30.1 Å². The van der Waals surface area contributed by atoms with Gasteiger partial charge in [-0.05, 0) is 61.2 Å². The molecule has 0 bridgehead atoms. The lowest BCUT2D eigenvalue weighted by Gasteiger charge is -2.55. The summed E-state index contributed by atoms with van der Waals surface area (Å²) in [4.78, 5) is 20.4. The summed E-state index contributed by atoms with van der Waals surface area (Å²) in [5.41, 5.74) is 2.17. The van der Waals surface area contributed by atoms with Gasteiger partial charge in [0.25, 0.3) is 0 Å². The minimum atomic E-state index is -1.10. The molecular weight excluding hydrogens is 444 g/mol. The van der Waals surface area contributed by atoms with Crippen molar-refractivity contribution in [2.75, 3.05) is 19.6 Å². The van der Waals surface area contributed by atoms with Crippen LogP contribution < -0.4 is 0 Å². The number of aromatic nitrogens is 1. The van der Waals surface area contributed by atoms with Crippen molar-refractivity contribution in [2.24, 2.45) is 0 Å². The van der Waals surface area contributed by atoms with E-state index in [2.05, 4.69) is 40.2 Å². The lowest BCUT2D eigenvalue weighted by molar-refractivity contribution is -0.149. The highest BCUT2D eigenvalue weighted by Gasteiger charge is 2.61. The van der Waals surface area contributed by atoms with Gasteiger partial charge >= 0.3 is 5.97 Å². The van der Waals surface area contributed by atoms with Crippen molar-refractivity contribution in [1.29, 1.82) is 0 Å². The van der Waals surface area contributed by atoms with E-state index in [1.165, 1.54) is 0 Å². The molecule has 1 aliphatic heterocycles. The van der Waals surface area contributed by atoms with Gasteiger partial charge in [0, 0.05) is 18.4 Å². The van der Waals surface area contributed by atoms with Gasteiger partial charge < -0.3 is 10.0 Å². The zero-order valence-corrected chi connectivity index (χ0v) is 20.5. The quantitative estimate of drug-likeness (QED) is 0.353. The third-order valence-electron chi connectivity index (χ3n) is 7.79. The van der Waals surface area contributed by atoms with Crippen molar-refractivity contribution in [3.63, 3.8) is 0 Å². The number of carboxylic acids is 1. The van der Waals surface area contributed by atoms with E-state index in [1.54, 1.807) is 0 Å². The maximum absolute atomic E-state index is 13.5. The molecule has 4 aromatic rings. The maximum Gasteiger partial charge on any atom is 0.315 e. The summed E-state index contributed by atoms with van der Waals surface area (Å²) in [7, 11) is 0. The van der Waals surface area contributed by atoms with Gasteiger partial charge in [-0.2, -0.15) is 0 Å². The molecule has 1 aliphatic rings. The molecule has 182 valence electrons. The number of hydrogen-bond donors (Lipinski definition) is 1. The fourth-order valence-corrected chi connectivity index (χ4v) is 6.12. The van der Waals surface area contributed by atoms with Crippen LogP contribution in [0.25, 0.3) is 0 Å². The SMILES string of the molecule is O=C(O)C1(c2ccccc2)CCN(CCCc2ccccn2)CC1(c1ccccc1)c1ccccc1. The normalized spacial score (nSPS) is 19.6. The Bertz CT molecular complexity index is 1220. The predicted molar refractivity (Wildman–Crippen MR) is 143 cm³/mol. The Kier molecular flexibility index (Phi) is 6.97.